The quantitative estimate of drug-likeness (QED) is 0.751. The molecule has 4 heterocycles. The fraction of sp³-hybridized carbons (Fsp3) is 0.545. The number of carbonyl (C=O) groups excluding carboxylic acids is 1. The molecule has 3 aliphatic heterocycles. The van der Waals surface area contributed by atoms with E-state index in [2.05, 4.69) is 9.88 Å². The van der Waals surface area contributed by atoms with Crippen LogP contribution in [0.3, 0.4) is 0 Å². The van der Waals surface area contributed by atoms with Gasteiger partial charge in [-0.3, -0.25) is 9.69 Å². The van der Waals surface area contributed by atoms with Crippen LogP contribution in [0.1, 0.15) is 10.6 Å². The normalized spacial score (nSPS) is 30.5. The lowest BCUT2D eigenvalue weighted by Crippen LogP contribution is -2.56. The number of carbonyl (C=O) groups is 1. The van der Waals surface area contributed by atoms with E-state index in [1.165, 1.54) is 0 Å². The molecular formula is C22H27N3O4S. The van der Waals surface area contributed by atoms with Crippen LogP contribution in [0.2, 0.25) is 0 Å². The highest BCUT2D eigenvalue weighted by molar-refractivity contribution is 7.09. The van der Waals surface area contributed by atoms with Gasteiger partial charge in [0.1, 0.15) is 16.4 Å². The van der Waals surface area contributed by atoms with Gasteiger partial charge < -0.3 is 19.5 Å². The smallest absolute Gasteiger partial charge is 0.260 e. The highest BCUT2D eigenvalue weighted by atomic mass is 32.1. The Balaban J connectivity index is 1.27. The molecule has 3 saturated heterocycles. The third kappa shape index (κ3) is 3.62. The Bertz CT molecular complexity index is 890. The Hall–Kier alpha value is -2.00. The van der Waals surface area contributed by atoms with Gasteiger partial charge >= 0.3 is 0 Å². The highest BCUT2D eigenvalue weighted by Gasteiger charge is 2.62. The molecule has 5 rings (SSSR count). The van der Waals surface area contributed by atoms with Crippen molar-refractivity contribution in [2.24, 2.45) is 11.8 Å². The summed E-state index contributed by atoms with van der Waals surface area (Å²) in [5, 5.41) is 13.1. The number of thiazole rings is 1. The number of ether oxygens (including phenoxy) is 2. The Labute approximate surface area is 180 Å². The van der Waals surface area contributed by atoms with E-state index >= 15 is 0 Å². The lowest BCUT2D eigenvalue weighted by Gasteiger charge is -2.40. The second kappa shape index (κ2) is 7.92. The van der Waals surface area contributed by atoms with Crippen molar-refractivity contribution < 1.29 is 19.4 Å². The topological polar surface area (TPSA) is 75.1 Å². The summed E-state index contributed by atoms with van der Waals surface area (Å²) in [6.45, 7) is 5.60. The van der Waals surface area contributed by atoms with Crippen molar-refractivity contribution in [3.63, 3.8) is 0 Å². The van der Waals surface area contributed by atoms with Crippen LogP contribution in [0.15, 0.2) is 35.8 Å². The maximum absolute atomic E-state index is 12.9. The highest BCUT2D eigenvalue weighted by Crippen LogP contribution is 2.49. The van der Waals surface area contributed by atoms with Gasteiger partial charge in [-0.25, -0.2) is 4.98 Å². The molecule has 0 unspecified atom stereocenters. The van der Waals surface area contributed by atoms with E-state index < -0.39 is 5.60 Å². The average Bonchev–Trinajstić information content (AvgIpc) is 3.40. The van der Waals surface area contributed by atoms with Crippen LogP contribution in [0.25, 0.3) is 0 Å². The monoisotopic (exact) mass is 429 g/mol. The molecule has 0 saturated carbocycles. The van der Waals surface area contributed by atoms with E-state index in [-0.39, 0.29) is 37.1 Å². The van der Waals surface area contributed by atoms with Crippen LogP contribution in [-0.2, 0) is 16.1 Å². The van der Waals surface area contributed by atoms with Crippen molar-refractivity contribution >= 4 is 17.2 Å². The van der Waals surface area contributed by atoms with Crippen molar-refractivity contribution in [3.05, 3.63) is 46.4 Å². The zero-order chi connectivity index (χ0) is 20.7. The standard InChI is InChI=1S/C22H27N3O4S/c1-15-2-4-16(5-3-15)28-12-21(27)25-9-19-17(11-26)18-8-24(10-20-23-6-7-30-20)13-22(18,14-25)29-19/h2-7,17-19,26H,8-14H2,1H3/t17-,18+,19+,22-/m0/s1. The summed E-state index contributed by atoms with van der Waals surface area (Å²) in [5.74, 6) is 0.953. The van der Waals surface area contributed by atoms with Crippen molar-refractivity contribution in [2.75, 3.05) is 39.4 Å². The first kappa shape index (κ1) is 19.9. The number of hydrogen-bond acceptors (Lipinski definition) is 7. The number of benzene rings is 1. The Morgan fingerprint density at radius 1 is 1.33 bits per heavy atom. The van der Waals surface area contributed by atoms with Gasteiger partial charge in [-0.1, -0.05) is 17.7 Å². The van der Waals surface area contributed by atoms with Crippen molar-refractivity contribution in [2.45, 2.75) is 25.2 Å². The number of nitrogens with zero attached hydrogens (tertiary/aromatic N) is 3. The number of aliphatic hydroxyl groups excluding tert-OH is 1. The van der Waals surface area contributed by atoms with Crippen molar-refractivity contribution in [3.8, 4) is 5.75 Å². The third-order valence-corrected chi connectivity index (χ3v) is 7.41. The average molecular weight is 430 g/mol. The van der Waals surface area contributed by atoms with Crippen molar-refractivity contribution in [1.82, 2.24) is 14.8 Å². The van der Waals surface area contributed by atoms with Gasteiger partial charge in [0.05, 0.1) is 19.2 Å². The summed E-state index contributed by atoms with van der Waals surface area (Å²) in [6, 6.07) is 7.71. The molecule has 1 aromatic carbocycles. The number of aliphatic hydroxyl groups is 1. The summed E-state index contributed by atoms with van der Waals surface area (Å²) >= 11 is 1.65. The number of amides is 1. The summed E-state index contributed by atoms with van der Waals surface area (Å²) < 4.78 is 12.2. The molecule has 8 heteroatoms. The minimum atomic E-state index is -0.410. The van der Waals surface area contributed by atoms with Crippen LogP contribution in [0.5, 0.6) is 5.75 Å². The van der Waals surface area contributed by atoms with E-state index in [1.807, 2.05) is 47.7 Å². The maximum atomic E-state index is 12.9. The number of rotatable bonds is 6. The maximum Gasteiger partial charge on any atom is 0.260 e. The number of hydrogen-bond donors (Lipinski definition) is 1. The molecule has 160 valence electrons. The SMILES string of the molecule is Cc1ccc(OCC(=O)N2C[C@H]3O[C@@]4(CN(Cc5nccs5)C[C@@H]4[C@@H]3CO)C2)cc1. The number of morpholine rings is 1. The number of likely N-dealkylation sites (tertiary alicyclic amines) is 2. The Kier molecular flexibility index (Phi) is 5.26. The van der Waals surface area contributed by atoms with Gasteiger partial charge in [0.25, 0.3) is 5.91 Å². The Morgan fingerprint density at radius 3 is 2.90 bits per heavy atom. The molecule has 1 aromatic heterocycles. The van der Waals surface area contributed by atoms with Crippen LogP contribution in [0, 0.1) is 18.8 Å². The zero-order valence-corrected chi connectivity index (χ0v) is 17.9. The third-order valence-electron chi connectivity index (χ3n) is 6.65. The molecule has 4 atom stereocenters. The lowest BCUT2D eigenvalue weighted by molar-refractivity contribution is -0.155. The molecular weight excluding hydrogens is 402 g/mol. The van der Waals surface area contributed by atoms with Crippen LogP contribution >= 0.6 is 11.3 Å². The summed E-state index contributed by atoms with van der Waals surface area (Å²) in [5.41, 5.74) is 0.745. The van der Waals surface area contributed by atoms with Crippen LogP contribution in [0.4, 0.5) is 0 Å². The molecule has 1 spiro atoms. The summed E-state index contributed by atoms with van der Waals surface area (Å²) in [6.07, 6.45) is 1.71. The van der Waals surface area contributed by atoms with E-state index in [1.54, 1.807) is 11.3 Å². The second-order valence-corrected chi connectivity index (χ2v) is 9.62. The fourth-order valence-corrected chi connectivity index (χ4v) is 5.89. The molecule has 3 fully saturated rings. The fourth-order valence-electron chi connectivity index (χ4n) is 5.23. The largest absolute Gasteiger partial charge is 0.484 e. The van der Waals surface area contributed by atoms with Crippen LogP contribution in [-0.4, -0.2) is 76.9 Å². The van der Waals surface area contributed by atoms with Crippen molar-refractivity contribution in [1.29, 1.82) is 0 Å². The van der Waals surface area contributed by atoms with Crippen LogP contribution < -0.4 is 4.74 Å². The first-order valence-electron chi connectivity index (χ1n) is 10.4. The van der Waals surface area contributed by atoms with E-state index in [0.717, 1.165) is 30.2 Å². The number of aromatic nitrogens is 1. The van der Waals surface area contributed by atoms with Gasteiger partial charge in [-0.2, -0.15) is 0 Å². The first-order valence-corrected chi connectivity index (χ1v) is 11.3. The summed E-state index contributed by atoms with van der Waals surface area (Å²) in [7, 11) is 0. The lowest BCUT2D eigenvalue weighted by atomic mass is 9.83. The predicted molar refractivity (Wildman–Crippen MR) is 112 cm³/mol. The molecule has 3 aliphatic rings. The molecule has 0 radical (unpaired) electrons. The van der Waals surface area contributed by atoms with Gasteiger partial charge in [0.2, 0.25) is 0 Å². The zero-order valence-electron chi connectivity index (χ0n) is 17.1. The van der Waals surface area contributed by atoms with E-state index in [9.17, 15) is 9.90 Å². The molecule has 1 N–H and O–H groups in total. The molecule has 1 amide bonds. The Morgan fingerprint density at radius 2 is 2.17 bits per heavy atom. The molecule has 2 aromatic rings. The summed E-state index contributed by atoms with van der Waals surface area (Å²) in [4.78, 5) is 21.6. The van der Waals surface area contributed by atoms with Gasteiger partial charge in [0, 0.05) is 49.7 Å². The molecule has 0 aliphatic carbocycles. The van der Waals surface area contributed by atoms with E-state index in [4.69, 9.17) is 9.47 Å². The first-order chi connectivity index (χ1) is 14.6. The molecule has 7 nitrogen and oxygen atoms in total. The number of aryl methyl sites for hydroxylation is 1. The van der Waals surface area contributed by atoms with Gasteiger partial charge in [0.15, 0.2) is 6.61 Å². The molecule has 30 heavy (non-hydrogen) atoms. The molecule has 2 bridgehead atoms. The number of fused-ring (bicyclic) bond motifs is 1. The van der Waals surface area contributed by atoms with Gasteiger partial charge in [-0.15, -0.1) is 11.3 Å². The predicted octanol–water partition coefficient (Wildman–Crippen LogP) is 1.55. The minimum absolute atomic E-state index is 0.0170. The minimum Gasteiger partial charge on any atom is -0.484 e. The second-order valence-electron chi connectivity index (χ2n) is 8.65. The van der Waals surface area contributed by atoms with E-state index in [0.29, 0.717) is 18.8 Å². The van der Waals surface area contributed by atoms with Gasteiger partial charge in [-0.05, 0) is 19.1 Å².